The second-order valence-electron chi connectivity index (χ2n) is 0. The van der Waals surface area contributed by atoms with Gasteiger partial charge in [0.05, 0.1) is 0 Å². The minimum atomic E-state index is 0. The Bertz CT molecular complexity index is 3.61. The van der Waals surface area contributed by atoms with Crippen LogP contribution >= 0.6 is 0 Å². The van der Waals surface area contributed by atoms with E-state index >= 15 is 0 Å². The van der Waals surface area contributed by atoms with Crippen LogP contribution in [0, 0.1) is 0 Å². The van der Waals surface area contributed by atoms with Gasteiger partial charge >= 0.3 is 0 Å². The Morgan fingerprint density at radius 1 is 0.600 bits per heavy atom. The maximum Gasteiger partial charge on any atom is 0 e. The molecule has 0 bridgehead atoms. The van der Waals surface area contributed by atoms with E-state index in [1.165, 1.54) is 0 Å². The van der Waals surface area contributed by atoms with E-state index in [0.29, 0.717) is 0 Å². The van der Waals surface area contributed by atoms with Crippen molar-refractivity contribution >= 4 is 0 Å². The number of rotatable bonds is 0. The summed E-state index contributed by atoms with van der Waals surface area (Å²) in [5.74, 6) is 0. The fraction of sp³-hybridized carbons (Fsp3) is 1.00. The quantitative estimate of drug-likeness (QED) is 0.642. The molecule has 0 saturated heterocycles. The third kappa shape index (κ3) is 3.00. The van der Waals surface area contributed by atoms with Crippen molar-refractivity contribution < 1.29 is 0 Å². The summed E-state index contributed by atoms with van der Waals surface area (Å²) in [6.45, 7) is 8.00. The van der Waals surface area contributed by atoms with E-state index in [-0.39, 0.29) is 0 Å². The first kappa shape index (κ1) is 36.0. The van der Waals surface area contributed by atoms with Gasteiger partial charge in [-0.1, -0.05) is 27.7 Å². The predicted molar refractivity (Wildman–Crippen MR) is 22.7 cm³/mol. The van der Waals surface area contributed by atoms with E-state index in [0.717, 1.165) is 0 Å². The van der Waals surface area contributed by atoms with Gasteiger partial charge in [-0.15, -0.1) is 0 Å². The third-order valence-electron chi connectivity index (χ3n) is 0. The monoisotopic (exact) mass is 303 g/mol. The largest absolute Gasteiger partial charge is 0.0683 e. The van der Waals surface area contributed by atoms with Crippen molar-refractivity contribution in [1.82, 2.24) is 0 Å². The van der Waals surface area contributed by atoms with Crippen molar-refractivity contribution in [2.75, 3.05) is 0 Å². The Morgan fingerprint density at radius 3 is 0.600 bits per heavy atom. The van der Waals surface area contributed by atoms with E-state index in [9.17, 15) is 0 Å². The summed E-state index contributed by atoms with van der Waals surface area (Å²) in [7, 11) is 0. The molecule has 0 amide bonds. The zero-order valence-corrected chi connectivity index (χ0v) is 7.30. The second kappa shape index (κ2) is 12.0. The molecular weight excluding hydrogens is 295 g/mol. The van der Waals surface area contributed by atoms with E-state index in [1.54, 1.807) is 0 Å². The van der Waals surface area contributed by atoms with Gasteiger partial charge in [-0.05, 0) is 0 Å². The molecule has 0 saturated carbocycles. The molecule has 0 nitrogen and oxygen atoms in total. The van der Waals surface area contributed by atoms with Crippen LogP contribution in [0.3, 0.4) is 0 Å². The Labute approximate surface area is 28.8 Å². The van der Waals surface area contributed by atoms with Crippen molar-refractivity contribution in [2.45, 2.75) is 27.7 Å². The van der Waals surface area contributed by atoms with Crippen LogP contribution in [0.25, 0.3) is 0 Å². The van der Waals surface area contributed by atoms with Crippen molar-refractivity contribution in [3.63, 3.8) is 0 Å². The molecule has 0 heterocycles. The van der Waals surface area contributed by atoms with E-state index in [4.69, 9.17) is 0 Å². The van der Waals surface area contributed by atoms with E-state index in [2.05, 4.69) is 0 Å². The summed E-state index contributed by atoms with van der Waals surface area (Å²) in [6, 6.07) is 0. The zero-order chi connectivity index (χ0) is 4.00. The predicted octanol–water partition coefficient (Wildman–Crippen LogP) is 2.05. The average molecular weight is 307 g/mol. The fourth-order valence-electron chi connectivity index (χ4n) is 0. The first-order valence-electron chi connectivity index (χ1n) is 2.00. The van der Waals surface area contributed by atoms with Gasteiger partial charge in [0.15, 0.2) is 0 Å². The summed E-state index contributed by atoms with van der Waals surface area (Å²) in [4.78, 5) is 0. The molecule has 0 aliphatic rings. The van der Waals surface area contributed by atoms with Crippen LogP contribution in [0.15, 0.2) is 0 Å². The normalized spacial score (nSPS) is 2.40. The molecule has 0 N–H and O–H groups in total. The molecule has 0 atom stereocenters. The molecule has 36 valence electrons. The van der Waals surface area contributed by atoms with Crippen molar-refractivity contribution in [3.8, 4) is 0 Å². The molecule has 0 aromatic rings. The SMILES string of the molecule is CC.CC.[Cm]. The topological polar surface area (TPSA) is 0 Å². The molecule has 0 aliphatic heterocycles. The Hall–Kier alpha value is -1.00. The Kier molecular flexibility index (Phi) is 86.4. The molecule has 0 radical (unpaired) electrons. The van der Waals surface area contributed by atoms with Crippen LogP contribution in [-0.2, 0) is 0 Å². The Morgan fingerprint density at radius 2 is 0.600 bits per heavy atom. The molecule has 5 heavy (non-hydrogen) atoms. The third-order valence-corrected chi connectivity index (χ3v) is 0. The van der Waals surface area contributed by atoms with Crippen molar-refractivity contribution in [3.05, 3.63) is 0 Å². The molecular formula is C4H12Cm. The molecule has 0 fully saturated rings. The molecule has 0 spiro atoms. The van der Waals surface area contributed by atoms with Gasteiger partial charge in [0.25, 0.3) is 0 Å². The standard InChI is InChI=1S/2C2H6.Cm/c2*1-2;/h2*1-2H3;. The summed E-state index contributed by atoms with van der Waals surface area (Å²) >= 11 is 0. The summed E-state index contributed by atoms with van der Waals surface area (Å²) in [5, 5.41) is 0. The van der Waals surface area contributed by atoms with Gasteiger partial charge in [-0.25, -0.2) is 0 Å². The van der Waals surface area contributed by atoms with Gasteiger partial charge in [-0.3, -0.25) is 0 Å². The van der Waals surface area contributed by atoms with Crippen LogP contribution in [0.1, 0.15) is 27.7 Å². The number of hydrogen-bond donors (Lipinski definition) is 0. The zero-order valence-electron chi connectivity index (χ0n) is 4.35. The summed E-state index contributed by atoms with van der Waals surface area (Å²) < 4.78 is 0. The molecule has 0 unspecified atom stereocenters. The fourth-order valence-corrected chi connectivity index (χ4v) is 0. The van der Waals surface area contributed by atoms with Gasteiger partial charge in [-0.2, -0.15) is 0 Å². The average Bonchev–Trinajstić information content (AvgIpc) is 1.50. The first-order valence-corrected chi connectivity index (χ1v) is 2.00. The van der Waals surface area contributed by atoms with Crippen LogP contribution in [-0.4, -0.2) is 0 Å². The Balaban J connectivity index is -0.0000000133. The van der Waals surface area contributed by atoms with Crippen LogP contribution in [0.4, 0.5) is 0 Å². The minimum absolute atomic E-state index is 0. The van der Waals surface area contributed by atoms with Crippen LogP contribution in [0.2, 0.25) is 0 Å². The first-order chi connectivity index (χ1) is 2.00. The minimum Gasteiger partial charge on any atom is -0.0683 e. The molecule has 0 aliphatic carbocycles. The molecule has 1 heteroatoms. The van der Waals surface area contributed by atoms with Crippen molar-refractivity contribution in [1.29, 1.82) is 0 Å². The van der Waals surface area contributed by atoms with Gasteiger partial charge in [0.2, 0.25) is 0 Å². The van der Waals surface area contributed by atoms with Crippen LogP contribution < -0.4 is 0 Å². The van der Waals surface area contributed by atoms with Crippen molar-refractivity contribution in [2.24, 2.45) is 0 Å². The second-order valence-corrected chi connectivity index (χ2v) is 0. The van der Waals surface area contributed by atoms with Gasteiger partial charge in [0.1, 0.15) is 0 Å². The van der Waals surface area contributed by atoms with Crippen LogP contribution in [0.5, 0.6) is 0 Å². The van der Waals surface area contributed by atoms with Gasteiger partial charge < -0.3 is 0 Å². The maximum absolute atomic E-state index is 2.00. The summed E-state index contributed by atoms with van der Waals surface area (Å²) in [6.07, 6.45) is 0. The molecule has 0 aromatic carbocycles. The molecule has 0 aromatic heterocycles. The maximum atomic E-state index is 2.00. The smallest absolute Gasteiger partial charge is 0 e. The molecule has 0 rings (SSSR count). The van der Waals surface area contributed by atoms with E-state index < -0.39 is 0 Å². The number of hydrogen-bond acceptors (Lipinski definition) is 0. The van der Waals surface area contributed by atoms with E-state index in [1.807, 2.05) is 27.7 Å². The van der Waals surface area contributed by atoms with Gasteiger partial charge in [0, 0.05) is 0 Å². The summed E-state index contributed by atoms with van der Waals surface area (Å²) in [5.41, 5.74) is 0.